The number of amides is 2. The second-order valence-corrected chi connectivity index (χ2v) is 10.9. The minimum Gasteiger partial charge on any atom is -0.359 e. The van der Waals surface area contributed by atoms with Gasteiger partial charge in [0, 0.05) is 51.3 Å². The van der Waals surface area contributed by atoms with Gasteiger partial charge in [0.1, 0.15) is 17.1 Å². The van der Waals surface area contributed by atoms with Crippen LogP contribution < -0.4 is 27.4 Å². The number of halogens is 1. The number of H-pyrrole nitrogens is 2. The van der Waals surface area contributed by atoms with Gasteiger partial charge in [-0.1, -0.05) is 18.2 Å². The van der Waals surface area contributed by atoms with Crippen molar-refractivity contribution in [3.05, 3.63) is 96.0 Å². The highest BCUT2D eigenvalue weighted by Crippen LogP contribution is 2.30. The SMILES string of the molecule is NNC(N1CCN(C(=O)C(=O)c2c[nH]c3c(-c4cc(C(=O)NCCc5ccncc5)[nH]n4)ncc(F)c23)CC1)N(N)c1ccccc1. The van der Waals surface area contributed by atoms with Gasteiger partial charge < -0.3 is 15.2 Å². The molecule has 1 unspecified atom stereocenters. The number of hydrazine groups is 2. The molecule has 5 aromatic rings. The zero-order valence-corrected chi connectivity index (χ0v) is 25.2. The number of anilines is 1. The number of hydrogen-bond donors (Lipinski definition) is 6. The predicted molar refractivity (Wildman–Crippen MR) is 171 cm³/mol. The van der Waals surface area contributed by atoms with Gasteiger partial charge >= 0.3 is 0 Å². The zero-order valence-electron chi connectivity index (χ0n) is 25.2. The molecule has 242 valence electrons. The lowest BCUT2D eigenvalue weighted by molar-refractivity contribution is -0.128. The molecule has 5 heterocycles. The van der Waals surface area contributed by atoms with Crippen molar-refractivity contribution >= 4 is 34.2 Å². The number of benzene rings is 1. The molecule has 6 rings (SSSR count). The van der Waals surface area contributed by atoms with Crippen LogP contribution in [0.3, 0.4) is 0 Å². The number of aromatic amines is 2. The first-order valence-corrected chi connectivity index (χ1v) is 14.9. The van der Waals surface area contributed by atoms with E-state index in [1.807, 2.05) is 47.4 Å². The van der Waals surface area contributed by atoms with Crippen molar-refractivity contribution in [3.8, 4) is 11.4 Å². The molecule has 0 bridgehead atoms. The number of fused-ring (bicyclic) bond motifs is 1. The Kier molecular flexibility index (Phi) is 9.25. The first-order valence-electron chi connectivity index (χ1n) is 14.9. The summed E-state index contributed by atoms with van der Waals surface area (Å²) in [7, 11) is 0. The molecule has 2 amide bonds. The van der Waals surface area contributed by atoms with Gasteiger partial charge in [0.05, 0.1) is 28.4 Å². The van der Waals surface area contributed by atoms with Gasteiger partial charge in [0.2, 0.25) is 0 Å². The molecule has 1 aliphatic rings. The molecule has 1 atom stereocenters. The molecular formula is C31H33FN12O3. The Morgan fingerprint density at radius 3 is 2.53 bits per heavy atom. The van der Waals surface area contributed by atoms with E-state index in [0.717, 1.165) is 17.4 Å². The standard InChI is InChI=1S/C31H33FN12O3/c32-22-18-38-26(23-16-24(41-40-23)29(46)36-11-8-19-6-9-35-10-7-19)27-25(22)21(17-37-27)28(45)30(47)42-12-14-43(15-13-42)31(39-33)44(34)20-4-2-1-3-5-20/h1-7,9-10,16-18,31,37,39H,8,11-15,33-34H2,(H,36,46)(H,40,41). The van der Waals surface area contributed by atoms with Crippen LogP contribution in [0.5, 0.6) is 0 Å². The van der Waals surface area contributed by atoms with Crippen LogP contribution in [-0.4, -0.2) is 91.6 Å². The first-order chi connectivity index (χ1) is 22.9. The number of Topliss-reactive ketones (excluding diaryl/α,β-unsaturated/α-hetero) is 1. The highest BCUT2D eigenvalue weighted by Gasteiger charge is 2.33. The molecule has 1 aliphatic heterocycles. The number of ketones is 1. The lowest BCUT2D eigenvalue weighted by Crippen LogP contribution is -2.65. The molecule has 15 nitrogen and oxygen atoms in total. The molecule has 0 aliphatic carbocycles. The lowest BCUT2D eigenvalue weighted by atomic mass is 10.1. The van der Waals surface area contributed by atoms with E-state index in [-0.39, 0.29) is 52.5 Å². The fraction of sp³-hybridized carbons (Fsp3) is 0.226. The van der Waals surface area contributed by atoms with Crippen LogP contribution in [-0.2, 0) is 11.2 Å². The topological polar surface area (TPSA) is 207 Å². The van der Waals surface area contributed by atoms with Crippen molar-refractivity contribution in [2.45, 2.75) is 12.7 Å². The normalized spacial score (nSPS) is 14.2. The second kappa shape index (κ2) is 13.8. The van der Waals surface area contributed by atoms with Crippen molar-refractivity contribution in [2.75, 3.05) is 37.7 Å². The largest absolute Gasteiger partial charge is 0.359 e. The van der Waals surface area contributed by atoms with Gasteiger partial charge in [0.25, 0.3) is 17.6 Å². The summed E-state index contributed by atoms with van der Waals surface area (Å²) >= 11 is 0. The maximum absolute atomic E-state index is 15.2. The first kappa shape index (κ1) is 31.4. The maximum Gasteiger partial charge on any atom is 0.295 e. The highest BCUT2D eigenvalue weighted by molar-refractivity contribution is 6.45. The van der Waals surface area contributed by atoms with Crippen LogP contribution in [0.4, 0.5) is 10.1 Å². The van der Waals surface area contributed by atoms with Gasteiger partial charge in [-0.3, -0.25) is 40.2 Å². The number of carbonyl (C=O) groups is 3. The third-order valence-electron chi connectivity index (χ3n) is 8.03. The Labute approximate surface area is 268 Å². The van der Waals surface area contributed by atoms with Crippen LogP contribution >= 0.6 is 0 Å². The summed E-state index contributed by atoms with van der Waals surface area (Å²) in [5.74, 6) is 9.32. The molecule has 8 N–H and O–H groups in total. The third kappa shape index (κ3) is 6.56. The fourth-order valence-electron chi connectivity index (χ4n) is 5.54. The summed E-state index contributed by atoms with van der Waals surface area (Å²) < 4.78 is 15.2. The predicted octanol–water partition coefficient (Wildman–Crippen LogP) is 0.914. The Morgan fingerprint density at radius 2 is 1.81 bits per heavy atom. The number of nitrogens with zero attached hydrogens (tertiary/aromatic N) is 6. The van der Waals surface area contributed by atoms with E-state index in [0.29, 0.717) is 26.1 Å². The Hall–Kier alpha value is -5.55. The molecule has 1 fully saturated rings. The smallest absolute Gasteiger partial charge is 0.295 e. The summed E-state index contributed by atoms with van der Waals surface area (Å²) in [6.07, 6.45) is 5.68. The average molecular weight is 641 g/mol. The molecule has 16 heteroatoms. The molecule has 0 spiro atoms. The van der Waals surface area contributed by atoms with E-state index in [2.05, 4.69) is 35.9 Å². The average Bonchev–Trinajstić information content (AvgIpc) is 3.79. The number of hydrogen-bond acceptors (Lipinski definition) is 11. The molecular weight excluding hydrogens is 607 g/mol. The van der Waals surface area contributed by atoms with Crippen molar-refractivity contribution in [1.82, 2.24) is 45.7 Å². The van der Waals surface area contributed by atoms with Gasteiger partial charge in [-0.2, -0.15) is 5.10 Å². The summed E-state index contributed by atoms with van der Waals surface area (Å²) in [5, 5.41) is 11.1. The van der Waals surface area contributed by atoms with Gasteiger partial charge in [-0.05, 0) is 42.3 Å². The van der Waals surface area contributed by atoms with Crippen molar-refractivity contribution in [2.24, 2.45) is 11.7 Å². The number of pyridine rings is 2. The van der Waals surface area contributed by atoms with Crippen molar-refractivity contribution < 1.29 is 18.8 Å². The molecule has 1 aromatic carbocycles. The lowest BCUT2D eigenvalue weighted by Gasteiger charge is -2.42. The summed E-state index contributed by atoms with van der Waals surface area (Å²) in [6.45, 7) is 1.60. The highest BCUT2D eigenvalue weighted by atomic mass is 19.1. The minimum atomic E-state index is -0.865. The number of nitrogens with one attached hydrogen (secondary N) is 4. The summed E-state index contributed by atoms with van der Waals surface area (Å²) in [6, 6.07) is 14.5. The molecule has 47 heavy (non-hydrogen) atoms. The molecule has 4 aromatic heterocycles. The summed E-state index contributed by atoms with van der Waals surface area (Å²) in [4.78, 5) is 53.8. The fourth-order valence-corrected chi connectivity index (χ4v) is 5.54. The number of para-hydroxylation sites is 1. The number of piperazine rings is 1. The third-order valence-corrected chi connectivity index (χ3v) is 8.03. The van der Waals surface area contributed by atoms with Gasteiger partial charge in [0.15, 0.2) is 12.1 Å². The quantitative estimate of drug-likeness (QED) is 0.0393. The number of carbonyl (C=O) groups excluding carboxylic acids is 3. The summed E-state index contributed by atoms with van der Waals surface area (Å²) in [5.41, 5.74) is 5.15. The molecule has 1 saturated heterocycles. The van der Waals surface area contributed by atoms with Gasteiger partial charge in [-0.25, -0.2) is 20.6 Å². The van der Waals surface area contributed by atoms with Crippen LogP contribution in [0.2, 0.25) is 0 Å². The van der Waals surface area contributed by atoms with E-state index >= 15 is 4.39 Å². The van der Waals surface area contributed by atoms with Crippen LogP contribution in [0, 0.1) is 5.82 Å². The molecule has 0 radical (unpaired) electrons. The Bertz CT molecular complexity index is 1870. The number of nitrogens with two attached hydrogens (primary N) is 2. The maximum atomic E-state index is 15.2. The van der Waals surface area contributed by atoms with E-state index in [9.17, 15) is 14.4 Å². The van der Waals surface area contributed by atoms with E-state index in [1.165, 1.54) is 22.2 Å². The van der Waals surface area contributed by atoms with E-state index in [1.54, 1.807) is 12.4 Å². The number of rotatable bonds is 11. The zero-order chi connectivity index (χ0) is 32.9. The second-order valence-electron chi connectivity index (χ2n) is 10.9. The van der Waals surface area contributed by atoms with E-state index in [4.69, 9.17) is 11.7 Å². The van der Waals surface area contributed by atoms with Gasteiger partial charge in [-0.15, -0.1) is 0 Å². The van der Waals surface area contributed by atoms with Crippen LogP contribution in [0.15, 0.2) is 73.3 Å². The number of aromatic nitrogens is 5. The minimum absolute atomic E-state index is 0.0904. The van der Waals surface area contributed by atoms with Crippen molar-refractivity contribution in [1.29, 1.82) is 0 Å². The van der Waals surface area contributed by atoms with Crippen LogP contribution in [0.1, 0.15) is 26.4 Å². The van der Waals surface area contributed by atoms with Crippen molar-refractivity contribution in [3.63, 3.8) is 0 Å². The van der Waals surface area contributed by atoms with Crippen LogP contribution in [0.25, 0.3) is 22.3 Å². The molecule has 0 saturated carbocycles. The monoisotopic (exact) mass is 640 g/mol. The Morgan fingerprint density at radius 1 is 1.06 bits per heavy atom. The Balaban J connectivity index is 1.12. The van der Waals surface area contributed by atoms with E-state index < -0.39 is 23.8 Å².